The van der Waals surface area contributed by atoms with Gasteiger partial charge in [-0.15, -0.1) is 0 Å². The average Bonchev–Trinajstić information content (AvgIpc) is 3.17. The van der Waals surface area contributed by atoms with Crippen molar-refractivity contribution in [1.82, 2.24) is 4.57 Å². The second kappa shape index (κ2) is 11.8. The maximum atomic E-state index is 14.0. The predicted octanol–water partition coefficient (Wildman–Crippen LogP) is 4.80. The fraction of sp³-hybridized carbons (Fsp3) is 0.276. The molecule has 0 amide bonds. The van der Waals surface area contributed by atoms with Crippen LogP contribution in [-0.2, 0) is 9.53 Å². The maximum absolute atomic E-state index is 14.0. The van der Waals surface area contributed by atoms with Gasteiger partial charge in [0.05, 0.1) is 28.5 Å². The third kappa shape index (κ3) is 5.61. The summed E-state index contributed by atoms with van der Waals surface area (Å²) in [5.74, 6) is 0.617. The molecule has 3 aromatic rings. The number of fused-ring (bicyclic) bond motifs is 1. The van der Waals surface area contributed by atoms with Crippen LogP contribution in [0.15, 0.2) is 76.2 Å². The molecule has 0 radical (unpaired) electrons. The number of hydrogen-bond donors (Lipinski definition) is 0. The number of aromatic nitrogens is 1. The van der Waals surface area contributed by atoms with Gasteiger partial charge in [-0.05, 0) is 58.0 Å². The molecule has 0 N–H and O–H groups in total. The van der Waals surface area contributed by atoms with Crippen LogP contribution in [0.2, 0.25) is 5.02 Å². The Morgan fingerprint density at radius 2 is 2.00 bits per heavy atom. The first-order chi connectivity index (χ1) is 18.2. The van der Waals surface area contributed by atoms with E-state index in [1.807, 2.05) is 38.1 Å². The van der Waals surface area contributed by atoms with E-state index >= 15 is 0 Å². The van der Waals surface area contributed by atoms with E-state index in [0.29, 0.717) is 54.9 Å². The van der Waals surface area contributed by atoms with E-state index in [1.165, 1.54) is 15.9 Å². The number of thiazole rings is 1. The Kier molecular flexibility index (Phi) is 8.54. The summed E-state index contributed by atoms with van der Waals surface area (Å²) in [5, 5.41) is 0.507. The lowest BCUT2D eigenvalue weighted by atomic mass is 9.95. The first-order valence-electron chi connectivity index (χ1n) is 12.2. The van der Waals surface area contributed by atoms with Gasteiger partial charge in [0.1, 0.15) is 24.1 Å². The molecule has 1 aliphatic rings. The van der Waals surface area contributed by atoms with Crippen LogP contribution in [0.4, 0.5) is 0 Å². The molecule has 1 atom stereocenters. The van der Waals surface area contributed by atoms with Crippen molar-refractivity contribution in [2.45, 2.75) is 39.8 Å². The third-order valence-corrected chi connectivity index (χ3v) is 6.93. The molecule has 7 nitrogen and oxygen atoms in total. The number of allylic oxidation sites excluding steroid dienone is 1. The molecule has 0 spiro atoms. The number of esters is 1. The second-order valence-electron chi connectivity index (χ2n) is 8.79. The van der Waals surface area contributed by atoms with Crippen LogP contribution in [0.3, 0.4) is 0 Å². The molecule has 1 aromatic heterocycles. The number of hydrogen-bond acceptors (Lipinski definition) is 7. The van der Waals surface area contributed by atoms with Gasteiger partial charge < -0.3 is 14.2 Å². The van der Waals surface area contributed by atoms with E-state index in [2.05, 4.69) is 11.6 Å². The Bertz CT molecular complexity index is 1580. The number of carbonyl (C=O) groups is 1. The van der Waals surface area contributed by atoms with Gasteiger partial charge in [0.2, 0.25) is 0 Å². The zero-order valence-corrected chi connectivity index (χ0v) is 23.3. The molecule has 1 aliphatic heterocycles. The molecule has 0 fully saturated rings. The highest BCUT2D eigenvalue weighted by Crippen LogP contribution is 2.36. The van der Waals surface area contributed by atoms with Crippen molar-refractivity contribution in [1.29, 1.82) is 0 Å². The summed E-state index contributed by atoms with van der Waals surface area (Å²) in [6, 6.07) is 11.8. The molecule has 0 bridgehead atoms. The van der Waals surface area contributed by atoms with Crippen molar-refractivity contribution < 1.29 is 19.0 Å². The van der Waals surface area contributed by atoms with E-state index in [4.69, 9.17) is 25.8 Å². The first kappa shape index (κ1) is 27.4. The number of rotatable bonds is 9. The Morgan fingerprint density at radius 1 is 1.24 bits per heavy atom. The Morgan fingerprint density at radius 3 is 2.71 bits per heavy atom. The molecule has 2 heterocycles. The van der Waals surface area contributed by atoms with Crippen molar-refractivity contribution in [3.05, 3.63) is 102 Å². The lowest BCUT2D eigenvalue weighted by Crippen LogP contribution is -2.40. The highest BCUT2D eigenvalue weighted by molar-refractivity contribution is 7.07. The van der Waals surface area contributed by atoms with Crippen molar-refractivity contribution in [2.24, 2.45) is 4.99 Å². The Labute approximate surface area is 230 Å². The molecule has 0 aliphatic carbocycles. The summed E-state index contributed by atoms with van der Waals surface area (Å²) in [5.41, 5.74) is 1.79. The Hall–Kier alpha value is -3.62. The zero-order chi connectivity index (χ0) is 27.4. The van der Waals surface area contributed by atoms with Gasteiger partial charge in [-0.3, -0.25) is 9.36 Å². The fourth-order valence-electron chi connectivity index (χ4n) is 4.21. The SMILES string of the molecule is C=CCOc1ccc(Cl)cc1/C=c1\sc2n(c1=O)[C@H](c1ccccc1OC(C)C)C(C(=O)OCC)=C(C)N=2. The second-order valence-corrected chi connectivity index (χ2v) is 10.2. The van der Waals surface area contributed by atoms with E-state index in [9.17, 15) is 9.59 Å². The zero-order valence-electron chi connectivity index (χ0n) is 21.7. The number of carbonyl (C=O) groups excluding carboxylic acids is 1. The summed E-state index contributed by atoms with van der Waals surface area (Å²) >= 11 is 7.48. The smallest absolute Gasteiger partial charge is 0.338 e. The molecule has 2 aromatic carbocycles. The van der Waals surface area contributed by atoms with Crippen molar-refractivity contribution >= 4 is 35.0 Å². The molecule has 198 valence electrons. The van der Waals surface area contributed by atoms with Crippen LogP contribution in [0.1, 0.15) is 44.9 Å². The van der Waals surface area contributed by atoms with Crippen LogP contribution < -0.4 is 24.4 Å². The molecule has 0 unspecified atom stereocenters. The van der Waals surface area contributed by atoms with E-state index < -0.39 is 12.0 Å². The minimum Gasteiger partial charge on any atom is -0.491 e. The van der Waals surface area contributed by atoms with Gasteiger partial charge in [0.15, 0.2) is 4.80 Å². The van der Waals surface area contributed by atoms with Gasteiger partial charge in [0.25, 0.3) is 5.56 Å². The van der Waals surface area contributed by atoms with Gasteiger partial charge in [-0.1, -0.05) is 53.8 Å². The van der Waals surface area contributed by atoms with Crippen molar-refractivity contribution in [2.75, 3.05) is 13.2 Å². The monoisotopic (exact) mass is 552 g/mol. The molecule has 9 heteroatoms. The van der Waals surface area contributed by atoms with Crippen LogP contribution in [0, 0.1) is 0 Å². The van der Waals surface area contributed by atoms with E-state index in [-0.39, 0.29) is 18.3 Å². The minimum atomic E-state index is -0.779. The highest BCUT2D eigenvalue weighted by atomic mass is 35.5. The van der Waals surface area contributed by atoms with Gasteiger partial charge in [-0.2, -0.15) is 0 Å². The largest absolute Gasteiger partial charge is 0.491 e. The summed E-state index contributed by atoms with van der Waals surface area (Å²) in [7, 11) is 0. The summed E-state index contributed by atoms with van der Waals surface area (Å²) < 4.78 is 19.2. The van der Waals surface area contributed by atoms with Crippen molar-refractivity contribution in [3.63, 3.8) is 0 Å². The van der Waals surface area contributed by atoms with Crippen LogP contribution in [0.25, 0.3) is 6.08 Å². The number of ether oxygens (including phenoxy) is 3. The van der Waals surface area contributed by atoms with Crippen LogP contribution >= 0.6 is 22.9 Å². The predicted molar refractivity (Wildman–Crippen MR) is 150 cm³/mol. The molecular weight excluding hydrogens is 524 g/mol. The minimum absolute atomic E-state index is 0.111. The highest BCUT2D eigenvalue weighted by Gasteiger charge is 2.35. The number of nitrogens with zero attached hydrogens (tertiary/aromatic N) is 2. The number of benzene rings is 2. The lowest BCUT2D eigenvalue weighted by molar-refractivity contribution is -0.139. The molecular formula is C29H29ClN2O5S. The topological polar surface area (TPSA) is 79.1 Å². The maximum Gasteiger partial charge on any atom is 0.338 e. The summed E-state index contributed by atoms with van der Waals surface area (Å²) in [6.07, 6.45) is 3.26. The molecule has 38 heavy (non-hydrogen) atoms. The fourth-order valence-corrected chi connectivity index (χ4v) is 5.42. The number of para-hydroxylation sites is 1. The summed E-state index contributed by atoms with van der Waals surface area (Å²) in [6.45, 7) is 11.5. The Balaban J connectivity index is 1.97. The van der Waals surface area contributed by atoms with Crippen molar-refractivity contribution in [3.8, 4) is 11.5 Å². The van der Waals surface area contributed by atoms with Gasteiger partial charge >= 0.3 is 5.97 Å². The quantitative estimate of drug-likeness (QED) is 0.281. The number of halogens is 1. The standard InChI is InChI=1S/C29H29ClN2O5S/c1-6-14-36-22-13-12-20(30)15-19(22)16-24-27(33)32-26(21-10-8-9-11-23(21)37-17(3)4)25(28(34)35-7-2)18(5)31-29(32)38-24/h6,8-13,15-17,26H,1,7,14H2,2-5H3/b24-16-/t26-/m1/s1. The first-order valence-corrected chi connectivity index (χ1v) is 13.4. The summed E-state index contributed by atoms with van der Waals surface area (Å²) in [4.78, 5) is 32.2. The third-order valence-electron chi connectivity index (χ3n) is 5.71. The molecule has 4 rings (SSSR count). The lowest BCUT2D eigenvalue weighted by Gasteiger charge is -2.26. The molecule has 0 saturated carbocycles. The normalized spacial score (nSPS) is 15.2. The average molecular weight is 553 g/mol. The van der Waals surface area contributed by atoms with E-state index in [0.717, 1.165) is 0 Å². The van der Waals surface area contributed by atoms with Crippen LogP contribution in [-0.4, -0.2) is 29.9 Å². The van der Waals surface area contributed by atoms with Gasteiger partial charge in [0, 0.05) is 16.1 Å². The van der Waals surface area contributed by atoms with Crippen LogP contribution in [0.5, 0.6) is 11.5 Å². The molecule has 0 saturated heterocycles. The van der Waals surface area contributed by atoms with E-state index in [1.54, 1.807) is 44.2 Å². The van der Waals surface area contributed by atoms with Gasteiger partial charge in [-0.25, -0.2) is 9.79 Å².